The normalized spacial score (nSPS) is 11.8. The Labute approximate surface area is 90.7 Å². The molecule has 15 heavy (non-hydrogen) atoms. The van der Waals surface area contributed by atoms with Crippen LogP contribution >= 0.6 is 0 Å². The number of unbranched alkanes of at least 4 members (excludes halogenated alkanes) is 1. The predicted octanol–water partition coefficient (Wildman–Crippen LogP) is 1.89. The van der Waals surface area contributed by atoms with E-state index < -0.39 is 0 Å². The summed E-state index contributed by atoms with van der Waals surface area (Å²) in [5.41, 5.74) is 7.03. The Balaban J connectivity index is 2.64. The van der Waals surface area contributed by atoms with Crippen molar-refractivity contribution in [2.75, 3.05) is 7.11 Å². The number of rotatable bonds is 5. The summed E-state index contributed by atoms with van der Waals surface area (Å²) in [6.45, 7) is 0. The smallest absolute Gasteiger partial charge is 0.141 e. The minimum absolute atomic E-state index is 0.0312. The first-order valence-corrected chi connectivity index (χ1v) is 4.96. The van der Waals surface area contributed by atoms with Gasteiger partial charge >= 0.3 is 0 Å². The molecule has 0 saturated carbocycles. The fraction of sp³-hybridized carbons (Fsp3) is 0.417. The number of pyridine rings is 1. The predicted molar refractivity (Wildman–Crippen MR) is 60.4 cm³/mol. The van der Waals surface area contributed by atoms with E-state index in [1.165, 1.54) is 0 Å². The standard InChI is InChI=1S/C12H16N2O/c1-3-4-5-6-11(13)10-7-8-14-9-12(10)15-2/h1,7-9,11H,4-6,13H2,2H3. The van der Waals surface area contributed by atoms with Crippen LogP contribution in [0.5, 0.6) is 5.75 Å². The van der Waals surface area contributed by atoms with Gasteiger partial charge in [0.2, 0.25) is 0 Å². The van der Waals surface area contributed by atoms with Crippen molar-refractivity contribution in [1.82, 2.24) is 4.98 Å². The average Bonchev–Trinajstić information content (AvgIpc) is 2.29. The minimum Gasteiger partial charge on any atom is -0.495 e. The summed E-state index contributed by atoms with van der Waals surface area (Å²) < 4.78 is 5.19. The van der Waals surface area contributed by atoms with Crippen molar-refractivity contribution < 1.29 is 4.74 Å². The van der Waals surface area contributed by atoms with E-state index >= 15 is 0 Å². The molecule has 0 spiro atoms. The molecule has 0 aliphatic heterocycles. The Hall–Kier alpha value is -1.53. The number of methoxy groups -OCH3 is 1. The van der Waals surface area contributed by atoms with Crippen LogP contribution < -0.4 is 10.5 Å². The van der Waals surface area contributed by atoms with Gasteiger partial charge in [-0.2, -0.15) is 0 Å². The molecule has 80 valence electrons. The van der Waals surface area contributed by atoms with E-state index in [2.05, 4.69) is 10.9 Å². The lowest BCUT2D eigenvalue weighted by Gasteiger charge is -2.14. The summed E-state index contributed by atoms with van der Waals surface area (Å²) >= 11 is 0. The number of aromatic nitrogens is 1. The third kappa shape index (κ3) is 3.26. The highest BCUT2D eigenvalue weighted by Gasteiger charge is 2.10. The van der Waals surface area contributed by atoms with Gasteiger partial charge in [-0.05, 0) is 18.9 Å². The maximum atomic E-state index is 6.04. The monoisotopic (exact) mass is 204 g/mol. The molecule has 0 aliphatic carbocycles. The SMILES string of the molecule is C#CCCCC(N)c1ccncc1OC. The number of ether oxygens (including phenoxy) is 1. The second-order valence-corrected chi connectivity index (χ2v) is 3.32. The summed E-state index contributed by atoms with van der Waals surface area (Å²) in [6.07, 6.45) is 11.1. The van der Waals surface area contributed by atoms with Gasteiger partial charge in [-0.15, -0.1) is 12.3 Å². The Bertz CT molecular complexity index is 344. The lowest BCUT2D eigenvalue weighted by molar-refractivity contribution is 0.401. The second kappa shape index (κ2) is 6.05. The summed E-state index contributed by atoms with van der Waals surface area (Å²) in [6, 6.07) is 1.86. The highest BCUT2D eigenvalue weighted by atomic mass is 16.5. The minimum atomic E-state index is -0.0312. The van der Waals surface area contributed by atoms with Gasteiger partial charge < -0.3 is 10.5 Å². The zero-order valence-electron chi connectivity index (χ0n) is 8.94. The summed E-state index contributed by atoms with van der Waals surface area (Å²) in [7, 11) is 1.62. The molecule has 1 rings (SSSR count). The third-order valence-corrected chi connectivity index (χ3v) is 2.27. The molecule has 1 unspecified atom stereocenters. The van der Waals surface area contributed by atoms with Crippen LogP contribution in [0.1, 0.15) is 30.9 Å². The van der Waals surface area contributed by atoms with Gasteiger partial charge in [0.25, 0.3) is 0 Å². The van der Waals surface area contributed by atoms with E-state index in [0.29, 0.717) is 0 Å². The van der Waals surface area contributed by atoms with Crippen molar-refractivity contribution in [3.8, 4) is 18.1 Å². The molecule has 0 amide bonds. The fourth-order valence-electron chi connectivity index (χ4n) is 1.45. The molecule has 0 radical (unpaired) electrons. The first kappa shape index (κ1) is 11.5. The van der Waals surface area contributed by atoms with Crippen molar-refractivity contribution in [3.63, 3.8) is 0 Å². The van der Waals surface area contributed by atoms with Crippen molar-refractivity contribution in [2.24, 2.45) is 5.73 Å². The van der Waals surface area contributed by atoms with Crippen LogP contribution in [0.25, 0.3) is 0 Å². The topological polar surface area (TPSA) is 48.1 Å². The number of nitrogens with two attached hydrogens (primary N) is 1. The average molecular weight is 204 g/mol. The highest BCUT2D eigenvalue weighted by molar-refractivity contribution is 5.32. The molecule has 0 aromatic carbocycles. The van der Waals surface area contributed by atoms with E-state index in [0.717, 1.165) is 30.6 Å². The molecular weight excluding hydrogens is 188 g/mol. The highest BCUT2D eigenvalue weighted by Crippen LogP contribution is 2.25. The van der Waals surface area contributed by atoms with Crippen molar-refractivity contribution in [3.05, 3.63) is 24.0 Å². The van der Waals surface area contributed by atoms with Gasteiger partial charge in [-0.1, -0.05) is 0 Å². The number of hydrogen-bond acceptors (Lipinski definition) is 3. The molecule has 1 aromatic rings. The Morgan fingerprint density at radius 1 is 1.67 bits per heavy atom. The van der Waals surface area contributed by atoms with Crippen molar-refractivity contribution in [1.29, 1.82) is 0 Å². The van der Waals surface area contributed by atoms with E-state index in [9.17, 15) is 0 Å². The molecule has 1 aromatic heterocycles. The zero-order chi connectivity index (χ0) is 11.1. The van der Waals surface area contributed by atoms with Crippen molar-refractivity contribution in [2.45, 2.75) is 25.3 Å². The molecule has 1 atom stereocenters. The quantitative estimate of drug-likeness (QED) is 0.588. The molecule has 3 heteroatoms. The molecule has 0 fully saturated rings. The first-order valence-electron chi connectivity index (χ1n) is 4.96. The van der Waals surface area contributed by atoms with Crippen LogP contribution in [-0.4, -0.2) is 12.1 Å². The Morgan fingerprint density at radius 2 is 2.47 bits per heavy atom. The molecular formula is C12H16N2O. The van der Waals surface area contributed by atoms with Gasteiger partial charge in [0.15, 0.2) is 0 Å². The summed E-state index contributed by atoms with van der Waals surface area (Å²) in [5, 5.41) is 0. The van der Waals surface area contributed by atoms with Crippen LogP contribution in [0, 0.1) is 12.3 Å². The van der Waals surface area contributed by atoms with E-state index in [1.807, 2.05) is 6.07 Å². The van der Waals surface area contributed by atoms with Crippen LogP contribution in [0.2, 0.25) is 0 Å². The molecule has 3 nitrogen and oxygen atoms in total. The zero-order valence-corrected chi connectivity index (χ0v) is 8.94. The van der Waals surface area contributed by atoms with Gasteiger partial charge in [-0.3, -0.25) is 4.98 Å². The molecule has 0 aliphatic rings. The maximum absolute atomic E-state index is 6.04. The van der Waals surface area contributed by atoms with Gasteiger partial charge in [0.05, 0.1) is 13.3 Å². The molecule has 1 heterocycles. The first-order chi connectivity index (χ1) is 7.29. The number of nitrogens with zero attached hydrogens (tertiary/aromatic N) is 1. The van der Waals surface area contributed by atoms with E-state index in [1.54, 1.807) is 19.5 Å². The van der Waals surface area contributed by atoms with Crippen LogP contribution in [-0.2, 0) is 0 Å². The lowest BCUT2D eigenvalue weighted by atomic mass is 10.0. The van der Waals surface area contributed by atoms with E-state index in [-0.39, 0.29) is 6.04 Å². The van der Waals surface area contributed by atoms with Crippen LogP contribution in [0.4, 0.5) is 0 Å². The molecule has 0 bridgehead atoms. The van der Waals surface area contributed by atoms with Crippen molar-refractivity contribution >= 4 is 0 Å². The second-order valence-electron chi connectivity index (χ2n) is 3.32. The van der Waals surface area contributed by atoms with Crippen LogP contribution in [0.15, 0.2) is 18.5 Å². The maximum Gasteiger partial charge on any atom is 0.141 e. The van der Waals surface area contributed by atoms with Gasteiger partial charge in [0.1, 0.15) is 5.75 Å². The van der Waals surface area contributed by atoms with Gasteiger partial charge in [0, 0.05) is 24.2 Å². The third-order valence-electron chi connectivity index (χ3n) is 2.27. The number of hydrogen-bond donors (Lipinski definition) is 1. The van der Waals surface area contributed by atoms with Gasteiger partial charge in [-0.25, -0.2) is 0 Å². The van der Waals surface area contributed by atoms with E-state index in [4.69, 9.17) is 16.9 Å². The van der Waals surface area contributed by atoms with Crippen LogP contribution in [0.3, 0.4) is 0 Å². The molecule has 0 saturated heterocycles. The fourth-order valence-corrected chi connectivity index (χ4v) is 1.45. The largest absolute Gasteiger partial charge is 0.495 e. The summed E-state index contributed by atoms with van der Waals surface area (Å²) in [4.78, 5) is 3.98. The molecule has 2 N–H and O–H groups in total. The number of terminal acetylenes is 1. The Kier molecular flexibility index (Phi) is 4.65. The lowest BCUT2D eigenvalue weighted by Crippen LogP contribution is -2.11. The summed E-state index contributed by atoms with van der Waals surface area (Å²) in [5.74, 6) is 3.35. The Morgan fingerprint density at radius 3 is 3.13 bits per heavy atom.